The first kappa shape index (κ1) is 19.6. The summed E-state index contributed by atoms with van der Waals surface area (Å²) in [7, 11) is -3.81. The van der Waals surface area contributed by atoms with Gasteiger partial charge in [-0.05, 0) is 43.8 Å². The van der Waals surface area contributed by atoms with Gasteiger partial charge in [0.1, 0.15) is 4.91 Å². The van der Waals surface area contributed by atoms with E-state index in [1.54, 1.807) is 31.2 Å². The van der Waals surface area contributed by atoms with Crippen molar-refractivity contribution in [2.24, 2.45) is 10.9 Å². The molecule has 0 aliphatic heterocycles. The van der Waals surface area contributed by atoms with Gasteiger partial charge in [-0.15, -0.1) is 0 Å². The number of aliphatic imine (C=N–C) groups is 1. The summed E-state index contributed by atoms with van der Waals surface area (Å²) in [6.07, 6.45) is 4.16. The Kier molecular flexibility index (Phi) is 7.38. The molecule has 0 fully saturated rings. The Bertz CT molecular complexity index is 750. The molecular formula is C17H23N3O3S. The quantitative estimate of drug-likeness (QED) is 0.559. The van der Waals surface area contributed by atoms with Crippen LogP contribution in [0.1, 0.15) is 31.1 Å². The van der Waals surface area contributed by atoms with E-state index in [4.69, 9.17) is 0 Å². The molecule has 2 N–H and O–H groups in total. The second-order valence-electron chi connectivity index (χ2n) is 5.50. The number of sulfonamides is 1. The maximum absolute atomic E-state index is 12.4. The van der Waals surface area contributed by atoms with Crippen LogP contribution in [-0.2, 0) is 10.0 Å². The molecule has 0 saturated carbocycles. The molecule has 0 bridgehead atoms. The number of carbonyl (C=O) groups excluding carboxylic acids is 1. The van der Waals surface area contributed by atoms with Gasteiger partial charge in [0, 0.05) is 24.0 Å². The van der Waals surface area contributed by atoms with E-state index in [1.807, 2.05) is 13.8 Å². The molecule has 1 rings (SSSR count). The van der Waals surface area contributed by atoms with Gasteiger partial charge in [-0.3, -0.25) is 14.5 Å². The second kappa shape index (κ2) is 9.02. The fourth-order valence-electron chi connectivity index (χ4n) is 1.79. The molecule has 0 aliphatic rings. The van der Waals surface area contributed by atoms with Crippen molar-refractivity contribution >= 4 is 28.3 Å². The number of anilines is 1. The highest BCUT2D eigenvalue weighted by molar-refractivity contribution is 7.96. The summed E-state index contributed by atoms with van der Waals surface area (Å²) >= 11 is 0. The summed E-state index contributed by atoms with van der Waals surface area (Å²) in [6, 6.07) is 6.31. The molecule has 24 heavy (non-hydrogen) atoms. The molecule has 6 nitrogen and oxygen atoms in total. The van der Waals surface area contributed by atoms with Crippen LogP contribution in [0.25, 0.3) is 0 Å². The number of nitrogens with one attached hydrogen (secondary N) is 2. The van der Waals surface area contributed by atoms with E-state index in [2.05, 4.69) is 21.7 Å². The molecule has 1 aromatic rings. The molecule has 0 unspecified atom stereocenters. The van der Waals surface area contributed by atoms with Gasteiger partial charge in [0.2, 0.25) is 0 Å². The van der Waals surface area contributed by atoms with Gasteiger partial charge in [0.05, 0.1) is 0 Å². The van der Waals surface area contributed by atoms with Gasteiger partial charge in [0.15, 0.2) is 0 Å². The molecule has 0 saturated heterocycles. The third-order valence-corrected chi connectivity index (χ3v) is 4.27. The van der Waals surface area contributed by atoms with Crippen LogP contribution in [0.5, 0.6) is 0 Å². The lowest BCUT2D eigenvalue weighted by molar-refractivity contribution is 0.0949. The Labute approximate surface area is 143 Å². The summed E-state index contributed by atoms with van der Waals surface area (Å²) in [6.45, 7) is 9.51. The number of nitrogens with zero attached hydrogens (tertiary/aromatic N) is 1. The van der Waals surface area contributed by atoms with Crippen molar-refractivity contribution in [2.45, 2.75) is 20.8 Å². The molecule has 130 valence electrons. The maximum Gasteiger partial charge on any atom is 0.263 e. The molecule has 0 heterocycles. The third-order valence-electron chi connectivity index (χ3n) is 2.91. The number of allylic oxidation sites excluding steroid dienone is 2. The lowest BCUT2D eigenvalue weighted by Crippen LogP contribution is -2.27. The van der Waals surface area contributed by atoms with Gasteiger partial charge < -0.3 is 5.32 Å². The van der Waals surface area contributed by atoms with E-state index in [9.17, 15) is 13.2 Å². The van der Waals surface area contributed by atoms with Crippen molar-refractivity contribution in [3.8, 4) is 0 Å². The summed E-state index contributed by atoms with van der Waals surface area (Å²) in [5, 5.41) is 2.79. The molecule has 0 aromatic heterocycles. The zero-order chi connectivity index (χ0) is 18.2. The molecule has 0 radical (unpaired) electrons. The Balaban J connectivity index is 3.00. The average molecular weight is 349 g/mol. The fourth-order valence-corrected chi connectivity index (χ4v) is 2.88. The molecular weight excluding hydrogens is 326 g/mol. The van der Waals surface area contributed by atoms with Crippen LogP contribution in [-0.4, -0.2) is 27.6 Å². The first-order valence-electron chi connectivity index (χ1n) is 7.50. The van der Waals surface area contributed by atoms with Gasteiger partial charge in [-0.1, -0.05) is 26.0 Å². The van der Waals surface area contributed by atoms with Crippen LogP contribution in [0.3, 0.4) is 0 Å². The van der Waals surface area contributed by atoms with Crippen LogP contribution in [0.15, 0.2) is 52.5 Å². The van der Waals surface area contributed by atoms with Crippen LogP contribution < -0.4 is 10.0 Å². The summed E-state index contributed by atoms with van der Waals surface area (Å²) in [5.41, 5.74) is 0.681. The molecule has 0 spiro atoms. The highest BCUT2D eigenvalue weighted by Crippen LogP contribution is 2.17. The molecule has 7 heteroatoms. The summed E-state index contributed by atoms with van der Waals surface area (Å²) in [5.74, 6) is 0.0808. The minimum Gasteiger partial charge on any atom is -0.352 e. The third kappa shape index (κ3) is 6.00. The largest absolute Gasteiger partial charge is 0.352 e. The van der Waals surface area contributed by atoms with Crippen molar-refractivity contribution in [2.75, 3.05) is 11.3 Å². The lowest BCUT2D eigenvalue weighted by Gasteiger charge is -2.11. The van der Waals surface area contributed by atoms with Gasteiger partial charge in [-0.25, -0.2) is 8.42 Å². The van der Waals surface area contributed by atoms with Crippen LogP contribution in [0, 0.1) is 5.92 Å². The number of rotatable bonds is 8. The van der Waals surface area contributed by atoms with Gasteiger partial charge in [0.25, 0.3) is 15.9 Å². The maximum atomic E-state index is 12.4. The SMILES string of the molecule is C=N/C=C(\C=C/C)S(=O)(=O)Nc1cccc(C(=O)NCC(C)C)c1. The topological polar surface area (TPSA) is 87.6 Å². The van der Waals surface area contributed by atoms with E-state index in [1.165, 1.54) is 12.1 Å². The molecule has 0 aliphatic carbocycles. The van der Waals surface area contributed by atoms with Crippen molar-refractivity contribution in [1.29, 1.82) is 0 Å². The average Bonchev–Trinajstić information content (AvgIpc) is 2.52. The number of benzene rings is 1. The number of hydrogen-bond acceptors (Lipinski definition) is 4. The second-order valence-corrected chi connectivity index (χ2v) is 7.19. The van der Waals surface area contributed by atoms with Crippen LogP contribution >= 0.6 is 0 Å². The van der Waals surface area contributed by atoms with E-state index in [0.29, 0.717) is 23.7 Å². The minimum atomic E-state index is -3.81. The Morgan fingerprint density at radius 1 is 1.38 bits per heavy atom. The normalized spacial score (nSPS) is 12.4. The highest BCUT2D eigenvalue weighted by Gasteiger charge is 2.16. The monoisotopic (exact) mass is 349 g/mol. The Hall–Kier alpha value is -2.41. The zero-order valence-electron chi connectivity index (χ0n) is 14.1. The van der Waals surface area contributed by atoms with Crippen LogP contribution in [0.2, 0.25) is 0 Å². The smallest absolute Gasteiger partial charge is 0.263 e. The molecule has 0 atom stereocenters. The summed E-state index contributed by atoms with van der Waals surface area (Å²) in [4.78, 5) is 15.6. The van der Waals surface area contributed by atoms with Gasteiger partial charge >= 0.3 is 0 Å². The first-order chi connectivity index (χ1) is 11.3. The van der Waals surface area contributed by atoms with Crippen molar-refractivity contribution in [3.63, 3.8) is 0 Å². The Morgan fingerprint density at radius 2 is 2.08 bits per heavy atom. The standard InChI is InChI=1S/C17H23N3O3S/c1-5-7-16(12-18-4)24(22,23)20-15-9-6-8-14(10-15)17(21)19-11-13(2)3/h5-10,12-13,20H,4,11H2,1-3H3,(H,19,21)/b7-5-,16-12+. The minimum absolute atomic E-state index is 0.0188. The lowest BCUT2D eigenvalue weighted by atomic mass is 10.1. The first-order valence-corrected chi connectivity index (χ1v) is 8.98. The van der Waals surface area contributed by atoms with Crippen LogP contribution in [0.4, 0.5) is 5.69 Å². The van der Waals surface area contributed by atoms with Crippen molar-refractivity contribution in [1.82, 2.24) is 5.32 Å². The van der Waals surface area contributed by atoms with Crippen molar-refractivity contribution in [3.05, 3.63) is 53.1 Å². The van der Waals surface area contributed by atoms with Crippen molar-refractivity contribution < 1.29 is 13.2 Å². The predicted octanol–water partition coefficient (Wildman–Crippen LogP) is 2.93. The zero-order valence-corrected chi connectivity index (χ0v) is 14.9. The highest BCUT2D eigenvalue weighted by atomic mass is 32.2. The van der Waals surface area contributed by atoms with E-state index in [0.717, 1.165) is 6.20 Å². The molecule has 1 amide bonds. The number of carbonyl (C=O) groups is 1. The number of amides is 1. The number of hydrogen-bond donors (Lipinski definition) is 2. The molecule has 1 aromatic carbocycles. The predicted molar refractivity (Wildman–Crippen MR) is 98.6 cm³/mol. The van der Waals surface area contributed by atoms with E-state index >= 15 is 0 Å². The summed E-state index contributed by atoms with van der Waals surface area (Å²) < 4.78 is 27.1. The van der Waals surface area contributed by atoms with Gasteiger partial charge in [-0.2, -0.15) is 0 Å². The van der Waals surface area contributed by atoms with E-state index in [-0.39, 0.29) is 10.8 Å². The Morgan fingerprint density at radius 3 is 2.67 bits per heavy atom. The fraction of sp³-hybridized carbons (Fsp3) is 0.294. The van der Waals surface area contributed by atoms with E-state index < -0.39 is 10.0 Å².